The van der Waals surface area contributed by atoms with Gasteiger partial charge in [-0.05, 0) is 57.8 Å². The fourth-order valence-electron chi connectivity index (χ4n) is 4.90. The minimum atomic E-state index is -0.525. The summed E-state index contributed by atoms with van der Waals surface area (Å²) in [5.74, 6) is 8.93. The Hall–Kier alpha value is -2.17. The molecule has 1 N–H and O–H groups in total. The van der Waals surface area contributed by atoms with Gasteiger partial charge in [0.1, 0.15) is 6.10 Å². The van der Waals surface area contributed by atoms with Crippen molar-refractivity contribution in [3.8, 4) is 11.8 Å². The third kappa shape index (κ3) is 2.55. The molecule has 4 fully saturated rings. The van der Waals surface area contributed by atoms with Crippen molar-refractivity contribution >= 4 is 17.0 Å². The van der Waals surface area contributed by atoms with Crippen LogP contribution in [0.25, 0.3) is 11.2 Å². The highest BCUT2D eigenvalue weighted by Crippen LogP contribution is 2.63. The Kier molecular flexibility index (Phi) is 3.40. The van der Waals surface area contributed by atoms with Gasteiger partial charge in [-0.25, -0.2) is 15.0 Å². The second kappa shape index (κ2) is 5.68. The molecule has 1 aliphatic heterocycles. The van der Waals surface area contributed by atoms with Crippen LogP contribution in [0, 0.1) is 29.6 Å². The predicted octanol–water partition coefficient (Wildman–Crippen LogP) is 2.73. The van der Waals surface area contributed by atoms with E-state index in [1.807, 2.05) is 20.2 Å². The molecule has 0 unspecified atom stereocenters. The lowest BCUT2D eigenvalue weighted by Crippen LogP contribution is -2.30. The molecule has 28 heavy (non-hydrogen) atoms. The van der Waals surface area contributed by atoms with Crippen LogP contribution in [-0.2, 0) is 9.47 Å². The lowest BCUT2D eigenvalue weighted by atomic mass is 10.1. The maximum absolute atomic E-state index is 6.30. The topological polar surface area (TPSA) is 74.1 Å². The number of imidazole rings is 1. The van der Waals surface area contributed by atoms with Gasteiger partial charge in [0, 0.05) is 12.5 Å². The third-order valence-electron chi connectivity index (χ3n) is 6.30. The zero-order valence-corrected chi connectivity index (χ0v) is 16.5. The van der Waals surface area contributed by atoms with Crippen LogP contribution in [0.1, 0.15) is 51.9 Å². The highest BCUT2D eigenvalue weighted by atomic mass is 16.8. The molecule has 3 heterocycles. The molecule has 7 nitrogen and oxygen atoms in total. The normalized spacial score (nSPS) is 34.6. The van der Waals surface area contributed by atoms with Crippen LogP contribution in [0.15, 0.2) is 6.33 Å². The number of aromatic nitrogens is 4. The molecule has 0 amide bonds. The average Bonchev–Trinajstić information content (AvgIpc) is 3.53. The average molecular weight is 379 g/mol. The van der Waals surface area contributed by atoms with Gasteiger partial charge in [0.15, 0.2) is 22.8 Å². The number of anilines is 1. The van der Waals surface area contributed by atoms with Gasteiger partial charge >= 0.3 is 0 Å². The summed E-state index contributed by atoms with van der Waals surface area (Å²) in [5, 5.41) is 3.33. The molecule has 7 heteroatoms. The second-order valence-corrected chi connectivity index (χ2v) is 8.91. The first-order valence-corrected chi connectivity index (χ1v) is 10.4. The fraction of sp³-hybridized carbons (Fsp3) is 0.667. The van der Waals surface area contributed by atoms with Crippen molar-refractivity contribution in [2.75, 3.05) is 11.9 Å². The summed E-state index contributed by atoms with van der Waals surface area (Å²) in [6, 6.07) is 0.204. The van der Waals surface area contributed by atoms with Gasteiger partial charge < -0.3 is 19.4 Å². The van der Waals surface area contributed by atoms with Crippen molar-refractivity contribution in [1.82, 2.24) is 19.5 Å². The van der Waals surface area contributed by atoms with Gasteiger partial charge in [-0.3, -0.25) is 0 Å². The molecule has 0 radical (unpaired) electrons. The molecule has 0 spiro atoms. The van der Waals surface area contributed by atoms with Gasteiger partial charge in [-0.15, -0.1) is 0 Å². The Morgan fingerprint density at radius 1 is 1.21 bits per heavy atom. The number of fused-ring (bicyclic) bond motifs is 4. The Morgan fingerprint density at radius 2 is 2.04 bits per heavy atom. The van der Waals surface area contributed by atoms with Crippen LogP contribution < -0.4 is 5.32 Å². The van der Waals surface area contributed by atoms with Crippen LogP contribution in [0.4, 0.5) is 5.82 Å². The van der Waals surface area contributed by atoms with Crippen molar-refractivity contribution in [1.29, 1.82) is 0 Å². The highest BCUT2D eigenvalue weighted by molar-refractivity contribution is 5.83. The standard InChI is InChI=1S/C21H25N5O2/c1-4-22-19-15-20(25-14(24-19)8-7-11-5-6-11)26(10-23-15)16-12-9-13(12)17-18(16)28-21(2,3)27-17/h10-13,16-18H,4-6,9H2,1-3H3,(H,22,24,25)/t12-,13+,16+,17+,18-/m0/s1. The van der Waals surface area contributed by atoms with Crippen LogP contribution in [0.2, 0.25) is 0 Å². The number of ether oxygens (including phenoxy) is 2. The summed E-state index contributed by atoms with van der Waals surface area (Å²) in [6.45, 7) is 6.84. The lowest BCUT2D eigenvalue weighted by Gasteiger charge is -2.24. The van der Waals surface area contributed by atoms with Gasteiger partial charge in [-0.1, -0.05) is 5.92 Å². The van der Waals surface area contributed by atoms with E-state index in [0.29, 0.717) is 23.6 Å². The Balaban J connectivity index is 1.44. The summed E-state index contributed by atoms with van der Waals surface area (Å²) in [5.41, 5.74) is 1.65. The Morgan fingerprint density at radius 3 is 2.82 bits per heavy atom. The lowest BCUT2D eigenvalue weighted by molar-refractivity contribution is -0.156. The minimum Gasteiger partial charge on any atom is -0.368 e. The van der Waals surface area contributed by atoms with Crippen molar-refractivity contribution in [2.24, 2.45) is 17.8 Å². The van der Waals surface area contributed by atoms with E-state index >= 15 is 0 Å². The first-order chi connectivity index (χ1) is 13.5. The van der Waals surface area contributed by atoms with Gasteiger partial charge in [0.05, 0.1) is 18.5 Å². The number of nitrogens with zero attached hydrogens (tertiary/aromatic N) is 4. The van der Waals surface area contributed by atoms with Crippen LogP contribution in [0.3, 0.4) is 0 Å². The number of hydrogen-bond acceptors (Lipinski definition) is 6. The van der Waals surface area contributed by atoms with Crippen LogP contribution in [0.5, 0.6) is 0 Å². The van der Waals surface area contributed by atoms with Crippen molar-refractivity contribution in [3.63, 3.8) is 0 Å². The molecule has 2 aromatic rings. The first kappa shape index (κ1) is 16.8. The van der Waals surface area contributed by atoms with Gasteiger partial charge in [0.25, 0.3) is 0 Å². The van der Waals surface area contributed by atoms with Crippen molar-refractivity contribution in [2.45, 2.75) is 64.1 Å². The Bertz CT molecular complexity index is 1010. The molecule has 3 saturated carbocycles. The van der Waals surface area contributed by atoms with Gasteiger partial charge in [-0.2, -0.15) is 0 Å². The van der Waals surface area contributed by atoms with E-state index in [-0.39, 0.29) is 18.2 Å². The maximum atomic E-state index is 6.30. The van der Waals surface area contributed by atoms with Crippen molar-refractivity contribution < 1.29 is 9.47 Å². The summed E-state index contributed by atoms with van der Waals surface area (Å²) < 4.78 is 14.7. The molecular formula is C21H25N5O2. The molecule has 2 aromatic heterocycles. The SMILES string of the molecule is CCNc1nc(C#CC2CC2)nc2c1ncn2[C@@H]1[C@H]2C[C@H]2[C@H]2OC(C)(C)O[C@H]21. The predicted molar refractivity (Wildman–Crippen MR) is 104 cm³/mol. The van der Waals surface area contributed by atoms with E-state index < -0.39 is 5.79 Å². The summed E-state index contributed by atoms with van der Waals surface area (Å²) >= 11 is 0. The Labute approximate surface area is 164 Å². The molecule has 4 aliphatic rings. The molecule has 1 saturated heterocycles. The molecule has 3 aliphatic carbocycles. The summed E-state index contributed by atoms with van der Waals surface area (Å²) in [6.07, 6.45) is 5.68. The van der Waals surface area contributed by atoms with E-state index in [2.05, 4.69) is 38.6 Å². The quantitative estimate of drug-likeness (QED) is 0.827. The largest absolute Gasteiger partial charge is 0.368 e. The van der Waals surface area contributed by atoms with Crippen LogP contribution in [-0.4, -0.2) is 44.1 Å². The summed E-state index contributed by atoms with van der Waals surface area (Å²) in [4.78, 5) is 14.1. The smallest absolute Gasteiger partial charge is 0.208 e. The van der Waals surface area contributed by atoms with Crippen molar-refractivity contribution in [3.05, 3.63) is 12.2 Å². The molecule has 0 aromatic carbocycles. The van der Waals surface area contributed by atoms with Gasteiger partial charge in [0.2, 0.25) is 5.82 Å². The second-order valence-electron chi connectivity index (χ2n) is 8.91. The van der Waals surface area contributed by atoms with E-state index in [9.17, 15) is 0 Å². The highest BCUT2D eigenvalue weighted by Gasteiger charge is 2.66. The molecule has 146 valence electrons. The molecular weight excluding hydrogens is 354 g/mol. The van der Waals surface area contributed by atoms with E-state index in [1.54, 1.807) is 0 Å². The monoisotopic (exact) mass is 379 g/mol. The zero-order chi connectivity index (χ0) is 19.0. The minimum absolute atomic E-state index is 0.0506. The molecule has 6 rings (SSSR count). The van der Waals surface area contributed by atoms with E-state index in [0.717, 1.165) is 23.5 Å². The molecule has 0 bridgehead atoms. The fourth-order valence-corrected chi connectivity index (χ4v) is 4.90. The third-order valence-corrected chi connectivity index (χ3v) is 6.30. The number of rotatable bonds is 3. The number of hydrogen-bond donors (Lipinski definition) is 1. The van der Waals surface area contributed by atoms with E-state index in [1.165, 1.54) is 19.3 Å². The number of nitrogens with one attached hydrogen (secondary N) is 1. The maximum Gasteiger partial charge on any atom is 0.208 e. The summed E-state index contributed by atoms with van der Waals surface area (Å²) in [7, 11) is 0. The zero-order valence-electron chi connectivity index (χ0n) is 16.5. The first-order valence-electron chi connectivity index (χ1n) is 10.4. The molecule has 5 atom stereocenters. The van der Waals surface area contributed by atoms with E-state index in [4.69, 9.17) is 14.5 Å². The van der Waals surface area contributed by atoms with Crippen LogP contribution >= 0.6 is 0 Å².